The molecule has 1 nitrogen and oxygen atoms in total. The Bertz CT molecular complexity index is 394. The van der Waals surface area contributed by atoms with Gasteiger partial charge in [0.25, 0.3) is 0 Å². The Morgan fingerprint density at radius 2 is 2.11 bits per heavy atom. The van der Waals surface area contributed by atoms with Gasteiger partial charge in [0.2, 0.25) is 0 Å². The predicted octanol–water partition coefficient (Wildman–Crippen LogP) is 4.11. The van der Waals surface area contributed by atoms with Crippen molar-refractivity contribution in [3.05, 3.63) is 35.4 Å². The van der Waals surface area contributed by atoms with E-state index < -0.39 is 0 Å². The van der Waals surface area contributed by atoms with E-state index in [1.54, 1.807) is 5.56 Å². The minimum atomic E-state index is 0.539. The fourth-order valence-corrected chi connectivity index (χ4v) is 4.64. The van der Waals surface area contributed by atoms with Gasteiger partial charge in [0.15, 0.2) is 0 Å². The molecule has 0 bridgehead atoms. The van der Waals surface area contributed by atoms with E-state index in [4.69, 9.17) is 0 Å². The normalized spacial score (nSPS) is 25.9. The Morgan fingerprint density at radius 1 is 1.22 bits per heavy atom. The molecular formula is C16H23NS. The van der Waals surface area contributed by atoms with Crippen LogP contribution in [0.3, 0.4) is 0 Å². The predicted molar refractivity (Wildman–Crippen MR) is 80.3 cm³/mol. The first-order valence-electron chi connectivity index (χ1n) is 7.27. The Labute approximate surface area is 115 Å². The van der Waals surface area contributed by atoms with Crippen LogP contribution in [0.4, 0.5) is 0 Å². The van der Waals surface area contributed by atoms with Gasteiger partial charge in [-0.15, -0.1) is 0 Å². The van der Waals surface area contributed by atoms with E-state index in [9.17, 15) is 0 Å². The molecule has 1 aromatic carbocycles. The van der Waals surface area contributed by atoms with Crippen molar-refractivity contribution in [2.75, 3.05) is 12.8 Å². The molecule has 2 atom stereocenters. The van der Waals surface area contributed by atoms with Crippen LogP contribution in [0.1, 0.15) is 55.2 Å². The lowest BCUT2D eigenvalue weighted by Gasteiger charge is -2.28. The average molecular weight is 261 g/mol. The number of hydrogen-bond donors (Lipinski definition) is 1. The van der Waals surface area contributed by atoms with Gasteiger partial charge in [-0.1, -0.05) is 30.7 Å². The van der Waals surface area contributed by atoms with Crippen LogP contribution in [0.2, 0.25) is 0 Å². The Balaban J connectivity index is 1.80. The van der Waals surface area contributed by atoms with E-state index in [-0.39, 0.29) is 0 Å². The molecule has 2 fully saturated rings. The van der Waals surface area contributed by atoms with E-state index in [2.05, 4.69) is 48.4 Å². The molecule has 0 spiro atoms. The van der Waals surface area contributed by atoms with Crippen molar-refractivity contribution in [2.45, 2.75) is 49.3 Å². The topological polar surface area (TPSA) is 12.0 Å². The molecule has 1 N–H and O–H groups in total. The zero-order valence-corrected chi connectivity index (χ0v) is 12.0. The van der Waals surface area contributed by atoms with Gasteiger partial charge in [0.1, 0.15) is 0 Å². The first kappa shape index (κ1) is 12.6. The minimum absolute atomic E-state index is 0.539. The van der Waals surface area contributed by atoms with Gasteiger partial charge in [-0.05, 0) is 55.5 Å². The molecule has 0 radical (unpaired) electrons. The van der Waals surface area contributed by atoms with Crippen molar-refractivity contribution in [3.8, 4) is 0 Å². The summed E-state index contributed by atoms with van der Waals surface area (Å²) >= 11 is 2.14. The Hall–Kier alpha value is -0.470. The minimum Gasteiger partial charge on any atom is -0.312 e. The van der Waals surface area contributed by atoms with Crippen LogP contribution in [0.5, 0.6) is 0 Å². The second-order valence-corrected chi connectivity index (χ2v) is 6.96. The smallest absolute Gasteiger partial charge is 0.0438 e. The van der Waals surface area contributed by atoms with Crippen molar-refractivity contribution >= 4 is 11.8 Å². The molecule has 1 saturated carbocycles. The first-order valence-corrected chi connectivity index (χ1v) is 8.32. The molecular weight excluding hydrogens is 238 g/mol. The molecule has 2 aliphatic rings. The maximum Gasteiger partial charge on any atom is 0.0438 e. The molecule has 1 heterocycles. The highest BCUT2D eigenvalue weighted by Crippen LogP contribution is 2.39. The van der Waals surface area contributed by atoms with Crippen LogP contribution in [0.25, 0.3) is 0 Å². The summed E-state index contributed by atoms with van der Waals surface area (Å²) in [4.78, 5) is 0. The van der Waals surface area contributed by atoms with Crippen molar-refractivity contribution in [2.24, 2.45) is 0 Å². The lowest BCUT2D eigenvalue weighted by atomic mass is 9.79. The summed E-state index contributed by atoms with van der Waals surface area (Å²) in [5.41, 5.74) is 3.07. The zero-order chi connectivity index (χ0) is 12.4. The molecule has 2 unspecified atom stereocenters. The van der Waals surface area contributed by atoms with E-state index >= 15 is 0 Å². The van der Waals surface area contributed by atoms with E-state index in [1.165, 1.54) is 43.4 Å². The van der Waals surface area contributed by atoms with Gasteiger partial charge in [-0.2, -0.15) is 11.8 Å². The number of thioether (sulfide) groups is 1. The SMILES string of the molecule is CNC(c1cccc(C2CCC2)c1)C1CCCS1. The van der Waals surface area contributed by atoms with E-state index in [0.717, 1.165) is 11.2 Å². The van der Waals surface area contributed by atoms with Gasteiger partial charge < -0.3 is 5.32 Å². The molecule has 1 aliphatic carbocycles. The summed E-state index contributed by atoms with van der Waals surface area (Å²) in [7, 11) is 2.11. The Morgan fingerprint density at radius 3 is 2.72 bits per heavy atom. The molecule has 1 aliphatic heterocycles. The molecule has 2 heteroatoms. The molecule has 18 heavy (non-hydrogen) atoms. The average Bonchev–Trinajstić information content (AvgIpc) is 2.82. The van der Waals surface area contributed by atoms with Crippen LogP contribution in [-0.4, -0.2) is 18.1 Å². The third-order valence-corrected chi connectivity index (χ3v) is 5.95. The summed E-state index contributed by atoms with van der Waals surface area (Å²) in [6.45, 7) is 0. The molecule has 3 rings (SSSR count). The number of benzene rings is 1. The lowest BCUT2D eigenvalue weighted by Crippen LogP contribution is -2.26. The van der Waals surface area contributed by atoms with Crippen molar-refractivity contribution in [1.29, 1.82) is 0 Å². The summed E-state index contributed by atoms with van der Waals surface area (Å²) in [6, 6.07) is 9.89. The third kappa shape index (κ3) is 2.46. The number of hydrogen-bond acceptors (Lipinski definition) is 2. The van der Waals surface area contributed by atoms with Crippen molar-refractivity contribution < 1.29 is 0 Å². The highest BCUT2D eigenvalue weighted by molar-refractivity contribution is 8.00. The van der Waals surface area contributed by atoms with Gasteiger partial charge in [0, 0.05) is 11.3 Å². The fraction of sp³-hybridized carbons (Fsp3) is 0.625. The summed E-state index contributed by atoms with van der Waals surface area (Å²) < 4.78 is 0. The molecule has 0 aromatic heterocycles. The lowest BCUT2D eigenvalue weighted by molar-refractivity contribution is 0.419. The van der Waals surface area contributed by atoms with Gasteiger partial charge in [0.05, 0.1) is 0 Å². The first-order chi connectivity index (χ1) is 8.88. The standard InChI is InChI=1S/C16H23NS/c1-17-16(15-9-4-10-18-15)14-8-3-7-13(11-14)12-5-2-6-12/h3,7-8,11-12,15-17H,2,4-6,9-10H2,1H3. The van der Waals surface area contributed by atoms with E-state index in [1.807, 2.05) is 0 Å². The second-order valence-electron chi connectivity index (χ2n) is 5.62. The summed E-state index contributed by atoms with van der Waals surface area (Å²) in [6.07, 6.45) is 6.96. The van der Waals surface area contributed by atoms with Crippen LogP contribution >= 0.6 is 11.8 Å². The largest absolute Gasteiger partial charge is 0.312 e. The van der Waals surface area contributed by atoms with Crippen LogP contribution in [-0.2, 0) is 0 Å². The molecule has 0 amide bonds. The Kier molecular flexibility index (Phi) is 3.95. The molecule has 98 valence electrons. The van der Waals surface area contributed by atoms with Crippen molar-refractivity contribution in [3.63, 3.8) is 0 Å². The van der Waals surface area contributed by atoms with Crippen molar-refractivity contribution in [1.82, 2.24) is 5.32 Å². The monoisotopic (exact) mass is 261 g/mol. The maximum absolute atomic E-state index is 3.54. The molecule has 1 aromatic rings. The highest BCUT2D eigenvalue weighted by Gasteiger charge is 2.27. The summed E-state index contributed by atoms with van der Waals surface area (Å²) in [5, 5.41) is 4.31. The van der Waals surface area contributed by atoms with Crippen LogP contribution in [0.15, 0.2) is 24.3 Å². The van der Waals surface area contributed by atoms with Gasteiger partial charge in [-0.25, -0.2) is 0 Å². The van der Waals surface area contributed by atoms with E-state index in [0.29, 0.717) is 6.04 Å². The third-order valence-electron chi connectivity index (χ3n) is 4.49. The van der Waals surface area contributed by atoms with Gasteiger partial charge in [-0.3, -0.25) is 0 Å². The number of nitrogens with one attached hydrogen (secondary N) is 1. The number of rotatable bonds is 4. The molecule has 1 saturated heterocycles. The van der Waals surface area contributed by atoms with Gasteiger partial charge >= 0.3 is 0 Å². The summed E-state index contributed by atoms with van der Waals surface area (Å²) in [5.74, 6) is 2.18. The van der Waals surface area contributed by atoms with Crippen LogP contribution in [0, 0.1) is 0 Å². The maximum atomic E-state index is 3.54. The zero-order valence-electron chi connectivity index (χ0n) is 11.2. The highest BCUT2D eigenvalue weighted by atomic mass is 32.2. The quantitative estimate of drug-likeness (QED) is 0.875. The van der Waals surface area contributed by atoms with Crippen LogP contribution < -0.4 is 5.32 Å². The fourth-order valence-electron chi connectivity index (χ4n) is 3.18. The second kappa shape index (κ2) is 5.66.